The molecule has 0 fully saturated rings. The molecule has 29 heavy (non-hydrogen) atoms. The Morgan fingerprint density at radius 3 is 2.28 bits per heavy atom. The molecule has 0 aliphatic heterocycles. The van der Waals surface area contributed by atoms with Gasteiger partial charge in [-0.15, -0.1) is 0 Å². The van der Waals surface area contributed by atoms with Gasteiger partial charge >= 0.3 is 0 Å². The minimum absolute atomic E-state index is 0.0241. The van der Waals surface area contributed by atoms with Gasteiger partial charge in [-0.05, 0) is 37.0 Å². The minimum Gasteiger partial charge on any atom is -0.494 e. The highest BCUT2D eigenvalue weighted by atomic mass is 16.5. The summed E-state index contributed by atoms with van der Waals surface area (Å²) in [5.74, 6) is 0.689. The number of carbonyl (C=O) groups is 2. The molecule has 0 heterocycles. The number of hydrogen-bond acceptors (Lipinski definition) is 3. The van der Waals surface area contributed by atoms with Crippen LogP contribution >= 0.6 is 0 Å². The lowest BCUT2D eigenvalue weighted by Gasteiger charge is -2.30. The zero-order valence-corrected chi connectivity index (χ0v) is 17.5. The van der Waals surface area contributed by atoms with Crippen molar-refractivity contribution in [3.63, 3.8) is 0 Å². The third-order valence-electron chi connectivity index (χ3n) is 4.68. The van der Waals surface area contributed by atoms with E-state index in [1.165, 1.54) is 0 Å². The molecule has 0 unspecified atom stereocenters. The summed E-state index contributed by atoms with van der Waals surface area (Å²) in [5.41, 5.74) is 1.02. The van der Waals surface area contributed by atoms with Gasteiger partial charge < -0.3 is 15.0 Å². The fraction of sp³-hybridized carbons (Fsp3) is 0.417. The van der Waals surface area contributed by atoms with Gasteiger partial charge in [0.1, 0.15) is 11.8 Å². The minimum atomic E-state index is -0.468. The lowest BCUT2D eigenvalue weighted by molar-refractivity contribution is -0.141. The van der Waals surface area contributed by atoms with Gasteiger partial charge in [-0.2, -0.15) is 0 Å². The molecule has 5 nitrogen and oxygen atoms in total. The van der Waals surface area contributed by atoms with E-state index in [2.05, 4.69) is 5.32 Å². The van der Waals surface area contributed by atoms with Gasteiger partial charge in [0.25, 0.3) is 0 Å². The first kappa shape index (κ1) is 22.5. The molecular weight excluding hydrogens is 364 g/mol. The second-order valence-corrected chi connectivity index (χ2v) is 6.99. The Hall–Kier alpha value is -2.82. The van der Waals surface area contributed by atoms with Crippen LogP contribution in [-0.4, -0.2) is 35.9 Å². The topological polar surface area (TPSA) is 58.6 Å². The van der Waals surface area contributed by atoms with E-state index < -0.39 is 6.04 Å². The van der Waals surface area contributed by atoms with Crippen LogP contribution in [0.3, 0.4) is 0 Å². The third-order valence-corrected chi connectivity index (χ3v) is 4.68. The monoisotopic (exact) mass is 396 g/mol. The molecule has 1 atom stereocenters. The highest BCUT2D eigenvalue weighted by Crippen LogP contribution is 2.15. The Morgan fingerprint density at radius 2 is 1.66 bits per heavy atom. The Bertz CT molecular complexity index is 734. The average molecular weight is 397 g/mol. The largest absolute Gasteiger partial charge is 0.494 e. The lowest BCUT2D eigenvalue weighted by atomic mass is 10.1. The summed E-state index contributed by atoms with van der Waals surface area (Å²) < 4.78 is 5.69. The highest BCUT2D eigenvalue weighted by Gasteiger charge is 2.28. The van der Waals surface area contributed by atoms with Crippen LogP contribution in [0.25, 0.3) is 0 Å². The quantitative estimate of drug-likeness (QED) is 0.548. The van der Waals surface area contributed by atoms with E-state index in [9.17, 15) is 9.59 Å². The van der Waals surface area contributed by atoms with Crippen molar-refractivity contribution in [3.05, 3.63) is 66.2 Å². The van der Waals surface area contributed by atoms with Gasteiger partial charge in [-0.25, -0.2) is 0 Å². The van der Waals surface area contributed by atoms with Gasteiger partial charge in [0.2, 0.25) is 11.8 Å². The van der Waals surface area contributed by atoms with Gasteiger partial charge in [-0.1, -0.05) is 62.4 Å². The molecular formula is C24H32N2O3. The Labute approximate surface area is 174 Å². The number of hydrogen-bond donors (Lipinski definition) is 1. The number of carbonyl (C=O) groups excluding carboxylic acids is 2. The van der Waals surface area contributed by atoms with Crippen molar-refractivity contribution < 1.29 is 14.3 Å². The smallest absolute Gasteiger partial charge is 0.242 e. The zero-order valence-electron chi connectivity index (χ0n) is 17.5. The van der Waals surface area contributed by atoms with Crippen LogP contribution in [0.2, 0.25) is 0 Å². The summed E-state index contributed by atoms with van der Waals surface area (Å²) in [6.45, 7) is 5.47. The Balaban J connectivity index is 2.00. The first-order chi connectivity index (χ1) is 14.2. The summed E-state index contributed by atoms with van der Waals surface area (Å²) in [7, 11) is 0. The van der Waals surface area contributed by atoms with Crippen LogP contribution in [0.15, 0.2) is 60.7 Å². The fourth-order valence-electron chi connectivity index (χ4n) is 3.14. The first-order valence-electron chi connectivity index (χ1n) is 10.4. The van der Waals surface area contributed by atoms with Crippen molar-refractivity contribution in [3.8, 4) is 5.75 Å². The molecule has 2 rings (SSSR count). The molecule has 156 valence electrons. The maximum absolute atomic E-state index is 13.0. The number of benzene rings is 2. The molecule has 0 aliphatic rings. The van der Waals surface area contributed by atoms with Gasteiger partial charge in [0.05, 0.1) is 6.61 Å². The molecule has 0 aliphatic carbocycles. The molecule has 0 spiro atoms. The summed E-state index contributed by atoms with van der Waals surface area (Å²) in [5, 5.41) is 2.94. The lowest BCUT2D eigenvalue weighted by Crippen LogP contribution is -2.49. The van der Waals surface area contributed by atoms with Crippen molar-refractivity contribution in [1.29, 1.82) is 0 Å². The van der Waals surface area contributed by atoms with Crippen molar-refractivity contribution in [1.82, 2.24) is 10.2 Å². The fourth-order valence-corrected chi connectivity index (χ4v) is 3.14. The van der Waals surface area contributed by atoms with E-state index in [-0.39, 0.29) is 11.8 Å². The van der Waals surface area contributed by atoms with E-state index in [4.69, 9.17) is 4.74 Å². The molecule has 2 amide bonds. The number of nitrogens with zero attached hydrogens (tertiary/aromatic N) is 1. The van der Waals surface area contributed by atoms with Gasteiger partial charge in [0, 0.05) is 19.5 Å². The number of para-hydroxylation sites is 1. The second kappa shape index (κ2) is 12.6. The molecule has 0 saturated carbocycles. The number of amides is 2. The SMILES string of the molecule is CCCNC(=O)[C@@H](CC)N(Cc1ccccc1)C(=O)CCCOc1ccccc1. The van der Waals surface area contributed by atoms with E-state index in [1.807, 2.05) is 74.5 Å². The van der Waals surface area contributed by atoms with Crippen molar-refractivity contribution in [2.24, 2.45) is 0 Å². The molecule has 0 bridgehead atoms. The molecule has 2 aromatic carbocycles. The van der Waals surface area contributed by atoms with Crippen LogP contribution in [0.1, 0.15) is 45.1 Å². The number of ether oxygens (including phenoxy) is 1. The van der Waals surface area contributed by atoms with Gasteiger partial charge in [0.15, 0.2) is 0 Å². The van der Waals surface area contributed by atoms with Crippen molar-refractivity contribution in [2.45, 2.75) is 52.1 Å². The van der Waals surface area contributed by atoms with E-state index >= 15 is 0 Å². The average Bonchev–Trinajstić information content (AvgIpc) is 2.76. The number of rotatable bonds is 12. The first-order valence-corrected chi connectivity index (χ1v) is 10.4. The van der Waals surface area contributed by atoms with Crippen LogP contribution in [-0.2, 0) is 16.1 Å². The molecule has 2 aromatic rings. The summed E-state index contributed by atoms with van der Waals surface area (Å²) in [4.78, 5) is 27.4. The van der Waals surface area contributed by atoms with Crippen LogP contribution in [0.4, 0.5) is 0 Å². The zero-order chi connectivity index (χ0) is 20.9. The Morgan fingerprint density at radius 1 is 1.00 bits per heavy atom. The predicted molar refractivity (Wildman–Crippen MR) is 116 cm³/mol. The van der Waals surface area contributed by atoms with Crippen LogP contribution in [0.5, 0.6) is 5.75 Å². The maximum atomic E-state index is 13.0. The van der Waals surface area contributed by atoms with Crippen molar-refractivity contribution in [2.75, 3.05) is 13.2 Å². The molecule has 1 N–H and O–H groups in total. The Kier molecular flexibility index (Phi) is 9.76. The highest BCUT2D eigenvalue weighted by molar-refractivity contribution is 5.87. The molecule has 5 heteroatoms. The second-order valence-electron chi connectivity index (χ2n) is 6.99. The standard InChI is InChI=1S/C24H32N2O3/c1-3-17-25-24(28)22(4-2)26(19-20-12-7-5-8-13-20)23(27)16-11-18-29-21-14-9-6-10-15-21/h5-10,12-15,22H,3-4,11,16-19H2,1-2H3,(H,25,28)/t22-/m1/s1. The normalized spacial score (nSPS) is 11.5. The molecule has 0 radical (unpaired) electrons. The van der Waals surface area contributed by atoms with Gasteiger partial charge in [-0.3, -0.25) is 9.59 Å². The summed E-state index contributed by atoms with van der Waals surface area (Å²) in [6, 6.07) is 18.9. The summed E-state index contributed by atoms with van der Waals surface area (Å²) in [6.07, 6.45) is 2.39. The summed E-state index contributed by atoms with van der Waals surface area (Å²) >= 11 is 0. The third kappa shape index (κ3) is 7.60. The van der Waals surface area contributed by atoms with Crippen LogP contribution in [0, 0.1) is 0 Å². The molecule has 0 saturated heterocycles. The van der Waals surface area contributed by atoms with E-state index in [0.29, 0.717) is 39.0 Å². The van der Waals surface area contributed by atoms with Crippen molar-refractivity contribution >= 4 is 11.8 Å². The van der Waals surface area contributed by atoms with E-state index in [0.717, 1.165) is 17.7 Å². The molecule has 0 aromatic heterocycles. The number of nitrogens with one attached hydrogen (secondary N) is 1. The van der Waals surface area contributed by atoms with Crippen LogP contribution < -0.4 is 10.1 Å². The predicted octanol–water partition coefficient (Wildman–Crippen LogP) is 4.18. The maximum Gasteiger partial charge on any atom is 0.242 e. The van der Waals surface area contributed by atoms with E-state index in [1.54, 1.807) is 4.90 Å².